The van der Waals surface area contributed by atoms with Gasteiger partial charge < -0.3 is 11.1 Å². The minimum absolute atomic E-state index is 0.223. The van der Waals surface area contributed by atoms with E-state index in [2.05, 4.69) is 26.1 Å². The van der Waals surface area contributed by atoms with Crippen LogP contribution in [-0.2, 0) is 4.79 Å². The van der Waals surface area contributed by atoms with Crippen LogP contribution in [-0.4, -0.2) is 18.0 Å². The van der Waals surface area contributed by atoms with Gasteiger partial charge in [-0.2, -0.15) is 0 Å². The Kier molecular flexibility index (Phi) is 8.20. The molecule has 1 rings (SSSR count). The quantitative estimate of drug-likeness (QED) is 0.714. The lowest BCUT2D eigenvalue weighted by atomic mass is 9.83. The Balaban J connectivity index is 2.09. The van der Waals surface area contributed by atoms with Crippen LogP contribution in [0.25, 0.3) is 0 Å². The summed E-state index contributed by atoms with van der Waals surface area (Å²) >= 11 is 0. The normalized spacial score (nSPS) is 24.6. The van der Waals surface area contributed by atoms with Crippen LogP contribution < -0.4 is 11.1 Å². The van der Waals surface area contributed by atoms with E-state index in [-0.39, 0.29) is 5.91 Å². The predicted molar refractivity (Wildman–Crippen MR) is 85.5 cm³/mol. The van der Waals surface area contributed by atoms with Crippen LogP contribution >= 0.6 is 0 Å². The number of hydrogen-bond donors (Lipinski definition) is 2. The molecule has 0 spiro atoms. The Bertz CT molecular complexity index is 278. The van der Waals surface area contributed by atoms with E-state index in [0.29, 0.717) is 24.4 Å². The summed E-state index contributed by atoms with van der Waals surface area (Å²) in [6, 6.07) is 0.682. The Hall–Kier alpha value is -0.570. The van der Waals surface area contributed by atoms with Gasteiger partial charge in [-0.1, -0.05) is 39.5 Å². The van der Waals surface area contributed by atoms with Gasteiger partial charge in [-0.3, -0.25) is 4.79 Å². The molecule has 0 heterocycles. The van der Waals surface area contributed by atoms with E-state index in [0.717, 1.165) is 31.6 Å². The Morgan fingerprint density at radius 1 is 1.25 bits per heavy atom. The van der Waals surface area contributed by atoms with Crippen LogP contribution in [0.1, 0.15) is 78.6 Å². The van der Waals surface area contributed by atoms with Crippen molar-refractivity contribution in [2.75, 3.05) is 0 Å². The zero-order valence-electron chi connectivity index (χ0n) is 13.7. The number of carbonyl (C=O) groups excluding carboxylic acids is 1. The number of nitrogens with two attached hydrogens (primary N) is 1. The van der Waals surface area contributed by atoms with Gasteiger partial charge in [0, 0.05) is 18.5 Å². The highest BCUT2D eigenvalue weighted by molar-refractivity contribution is 5.76. The average Bonchev–Trinajstić information content (AvgIpc) is 2.36. The fourth-order valence-electron chi connectivity index (χ4n) is 3.18. The van der Waals surface area contributed by atoms with Gasteiger partial charge in [0.1, 0.15) is 0 Å². The smallest absolute Gasteiger partial charge is 0.220 e. The summed E-state index contributed by atoms with van der Waals surface area (Å²) in [4.78, 5) is 11.9. The van der Waals surface area contributed by atoms with Gasteiger partial charge in [0.15, 0.2) is 0 Å². The maximum absolute atomic E-state index is 11.9. The highest BCUT2D eigenvalue weighted by atomic mass is 16.1. The summed E-state index contributed by atoms with van der Waals surface area (Å²) in [5.41, 5.74) is 5.99. The van der Waals surface area contributed by atoms with E-state index < -0.39 is 0 Å². The largest absolute Gasteiger partial charge is 0.354 e. The molecule has 3 N–H and O–H groups in total. The van der Waals surface area contributed by atoms with Crippen molar-refractivity contribution < 1.29 is 4.79 Å². The number of carbonyl (C=O) groups is 1. The van der Waals surface area contributed by atoms with Crippen molar-refractivity contribution in [1.82, 2.24) is 5.32 Å². The van der Waals surface area contributed by atoms with E-state index >= 15 is 0 Å². The predicted octanol–water partition coefficient (Wildman–Crippen LogP) is 3.62. The van der Waals surface area contributed by atoms with E-state index in [1.165, 1.54) is 25.7 Å². The minimum Gasteiger partial charge on any atom is -0.354 e. The molecule has 1 aliphatic carbocycles. The lowest BCUT2D eigenvalue weighted by Gasteiger charge is -2.26. The summed E-state index contributed by atoms with van der Waals surface area (Å²) in [5, 5.41) is 3.13. The molecular formula is C17H34N2O. The fraction of sp³-hybridized carbons (Fsp3) is 0.941. The van der Waals surface area contributed by atoms with Gasteiger partial charge in [0.2, 0.25) is 5.91 Å². The topological polar surface area (TPSA) is 55.1 Å². The molecule has 0 aromatic rings. The highest BCUT2D eigenvalue weighted by Gasteiger charge is 2.20. The van der Waals surface area contributed by atoms with Crippen LogP contribution in [0.15, 0.2) is 0 Å². The van der Waals surface area contributed by atoms with Crippen molar-refractivity contribution in [3.8, 4) is 0 Å². The van der Waals surface area contributed by atoms with Crippen LogP contribution in [0.5, 0.6) is 0 Å². The second kappa shape index (κ2) is 9.38. The molecule has 1 aliphatic rings. The van der Waals surface area contributed by atoms with Crippen molar-refractivity contribution in [2.24, 2.45) is 17.6 Å². The molecule has 0 saturated heterocycles. The maximum atomic E-state index is 11.9. The molecule has 1 fully saturated rings. The van der Waals surface area contributed by atoms with Crippen LogP contribution in [0.4, 0.5) is 0 Å². The summed E-state index contributed by atoms with van der Waals surface area (Å²) in [5.74, 6) is 1.65. The third-order valence-corrected chi connectivity index (χ3v) is 4.43. The van der Waals surface area contributed by atoms with E-state index in [1.54, 1.807) is 0 Å². The summed E-state index contributed by atoms with van der Waals surface area (Å²) in [6.07, 6.45) is 10.00. The van der Waals surface area contributed by atoms with Gasteiger partial charge in [-0.25, -0.2) is 0 Å². The molecule has 3 nitrogen and oxygen atoms in total. The molecule has 0 radical (unpaired) electrons. The van der Waals surface area contributed by atoms with E-state index in [4.69, 9.17) is 5.73 Å². The van der Waals surface area contributed by atoms with Crippen molar-refractivity contribution in [2.45, 2.75) is 90.6 Å². The number of hydrogen-bond acceptors (Lipinski definition) is 2. The standard InChI is InChI=1S/C17H34N2O/c1-13(2)6-4-7-14(3)19-17(20)11-10-15-8-5-9-16(18)12-15/h13-16H,4-12,18H2,1-3H3,(H,19,20). The van der Waals surface area contributed by atoms with Gasteiger partial charge in [0.25, 0.3) is 0 Å². The molecule has 1 saturated carbocycles. The zero-order valence-corrected chi connectivity index (χ0v) is 13.7. The lowest BCUT2D eigenvalue weighted by molar-refractivity contribution is -0.122. The van der Waals surface area contributed by atoms with Crippen LogP contribution in [0.3, 0.4) is 0 Å². The van der Waals surface area contributed by atoms with Crippen LogP contribution in [0.2, 0.25) is 0 Å². The Labute approximate surface area is 125 Å². The summed E-state index contributed by atoms with van der Waals surface area (Å²) in [6.45, 7) is 6.62. The average molecular weight is 282 g/mol. The Morgan fingerprint density at radius 2 is 2.00 bits per heavy atom. The third kappa shape index (κ3) is 7.88. The zero-order chi connectivity index (χ0) is 15.0. The summed E-state index contributed by atoms with van der Waals surface area (Å²) < 4.78 is 0. The number of amides is 1. The molecule has 3 unspecified atom stereocenters. The molecule has 0 aliphatic heterocycles. The lowest BCUT2D eigenvalue weighted by Crippen LogP contribution is -2.33. The summed E-state index contributed by atoms with van der Waals surface area (Å²) in [7, 11) is 0. The minimum atomic E-state index is 0.223. The molecule has 118 valence electrons. The first-order chi connectivity index (χ1) is 9.47. The number of nitrogens with one attached hydrogen (secondary N) is 1. The Morgan fingerprint density at radius 3 is 2.65 bits per heavy atom. The fourth-order valence-corrected chi connectivity index (χ4v) is 3.18. The third-order valence-electron chi connectivity index (χ3n) is 4.43. The molecule has 1 amide bonds. The first kappa shape index (κ1) is 17.5. The number of rotatable bonds is 8. The van der Waals surface area contributed by atoms with Gasteiger partial charge in [0.05, 0.1) is 0 Å². The molecule has 0 bridgehead atoms. The maximum Gasteiger partial charge on any atom is 0.220 e. The molecule has 3 atom stereocenters. The van der Waals surface area contributed by atoms with Crippen LogP contribution in [0, 0.1) is 11.8 Å². The molecule has 20 heavy (non-hydrogen) atoms. The monoisotopic (exact) mass is 282 g/mol. The second-order valence-corrected chi connectivity index (χ2v) is 7.12. The second-order valence-electron chi connectivity index (χ2n) is 7.12. The molecular weight excluding hydrogens is 248 g/mol. The molecule has 0 aromatic carbocycles. The highest BCUT2D eigenvalue weighted by Crippen LogP contribution is 2.26. The van der Waals surface area contributed by atoms with E-state index in [1.807, 2.05) is 0 Å². The van der Waals surface area contributed by atoms with Gasteiger partial charge >= 0.3 is 0 Å². The SMILES string of the molecule is CC(C)CCCC(C)NC(=O)CCC1CCCC(N)C1. The molecule has 3 heteroatoms. The first-order valence-electron chi connectivity index (χ1n) is 8.52. The molecule has 0 aromatic heterocycles. The van der Waals surface area contributed by atoms with Crippen molar-refractivity contribution in [3.05, 3.63) is 0 Å². The van der Waals surface area contributed by atoms with E-state index in [9.17, 15) is 4.79 Å². The van der Waals surface area contributed by atoms with Gasteiger partial charge in [-0.05, 0) is 44.4 Å². The van der Waals surface area contributed by atoms with Crippen molar-refractivity contribution in [1.29, 1.82) is 0 Å². The first-order valence-corrected chi connectivity index (χ1v) is 8.52. The van der Waals surface area contributed by atoms with Crippen molar-refractivity contribution >= 4 is 5.91 Å². The van der Waals surface area contributed by atoms with Crippen molar-refractivity contribution in [3.63, 3.8) is 0 Å². The van der Waals surface area contributed by atoms with Gasteiger partial charge in [-0.15, -0.1) is 0 Å².